The molecule has 1 unspecified atom stereocenters. The highest BCUT2D eigenvalue weighted by Gasteiger charge is 2.20. The van der Waals surface area contributed by atoms with Gasteiger partial charge in [0.05, 0.1) is 0 Å². The van der Waals surface area contributed by atoms with Gasteiger partial charge in [0, 0.05) is 22.6 Å². The third-order valence-corrected chi connectivity index (χ3v) is 2.51. The zero-order valence-electron chi connectivity index (χ0n) is 8.61. The van der Waals surface area contributed by atoms with Crippen molar-refractivity contribution in [2.75, 3.05) is 0 Å². The lowest BCUT2D eigenvalue weighted by Gasteiger charge is -2.09. The predicted molar refractivity (Wildman–Crippen MR) is 58.7 cm³/mol. The summed E-state index contributed by atoms with van der Waals surface area (Å²) in [6.07, 6.45) is -1.40. The molecule has 0 aliphatic carbocycles. The number of carboxylic acids is 1. The number of carbonyl (C=O) groups is 2. The Morgan fingerprint density at radius 3 is 2.56 bits per heavy atom. The number of carboxylic acid groups (broad SMARTS) is 1. The van der Waals surface area contributed by atoms with Crippen LogP contribution in [0.5, 0.6) is 0 Å². The Kier molecular flexibility index (Phi) is 4.04. The summed E-state index contributed by atoms with van der Waals surface area (Å²) in [4.78, 5) is 22.0. The fourth-order valence-electron chi connectivity index (χ4n) is 1.26. The topological polar surface area (TPSA) is 74.6 Å². The van der Waals surface area contributed by atoms with Crippen molar-refractivity contribution in [1.29, 1.82) is 0 Å². The maximum atomic E-state index is 11.4. The van der Waals surface area contributed by atoms with Crippen LogP contribution >= 0.6 is 11.6 Å². The molecule has 4 nitrogen and oxygen atoms in total. The monoisotopic (exact) mass is 242 g/mol. The van der Waals surface area contributed by atoms with Gasteiger partial charge in [-0.25, -0.2) is 4.79 Å². The van der Waals surface area contributed by atoms with Crippen LogP contribution in [0.15, 0.2) is 18.2 Å². The summed E-state index contributed by atoms with van der Waals surface area (Å²) in [5, 5.41) is 18.1. The second kappa shape index (κ2) is 5.09. The summed E-state index contributed by atoms with van der Waals surface area (Å²) in [5.41, 5.74) is 0.385. The van der Waals surface area contributed by atoms with Crippen LogP contribution in [-0.4, -0.2) is 22.0 Å². The minimum absolute atomic E-state index is 0.0356. The number of halogens is 1. The molecule has 0 heterocycles. The lowest BCUT2D eigenvalue weighted by atomic mass is 10.0. The van der Waals surface area contributed by atoms with Gasteiger partial charge < -0.3 is 10.2 Å². The van der Waals surface area contributed by atoms with E-state index in [0.29, 0.717) is 12.0 Å². The van der Waals surface area contributed by atoms with E-state index in [4.69, 9.17) is 16.7 Å². The maximum absolute atomic E-state index is 11.4. The highest BCUT2D eigenvalue weighted by Crippen LogP contribution is 2.25. The second-order valence-corrected chi connectivity index (χ2v) is 3.66. The van der Waals surface area contributed by atoms with E-state index in [1.54, 1.807) is 6.92 Å². The van der Waals surface area contributed by atoms with Gasteiger partial charge in [0.25, 0.3) is 0 Å². The zero-order chi connectivity index (χ0) is 12.3. The highest BCUT2D eigenvalue weighted by molar-refractivity contribution is 6.31. The van der Waals surface area contributed by atoms with Crippen molar-refractivity contribution >= 4 is 23.4 Å². The lowest BCUT2D eigenvalue weighted by Crippen LogP contribution is -2.12. The molecule has 2 N–H and O–H groups in total. The first kappa shape index (κ1) is 12.7. The van der Waals surface area contributed by atoms with Gasteiger partial charge in [0.2, 0.25) is 0 Å². The summed E-state index contributed by atoms with van der Waals surface area (Å²) < 4.78 is 0. The third-order valence-electron chi connectivity index (χ3n) is 2.17. The SMILES string of the molecule is CCC(=O)c1ccc(Cl)c(C(O)C(=O)O)c1. The molecule has 0 aliphatic rings. The molecule has 1 aromatic carbocycles. The molecule has 0 saturated heterocycles. The number of aliphatic hydroxyl groups is 1. The summed E-state index contributed by atoms with van der Waals surface area (Å²) in [6.45, 7) is 1.70. The van der Waals surface area contributed by atoms with Gasteiger partial charge in [-0.15, -0.1) is 0 Å². The second-order valence-electron chi connectivity index (χ2n) is 3.25. The number of aliphatic carboxylic acids is 1. The summed E-state index contributed by atoms with van der Waals surface area (Å²) in [7, 11) is 0. The zero-order valence-corrected chi connectivity index (χ0v) is 9.36. The van der Waals surface area contributed by atoms with E-state index in [0.717, 1.165) is 0 Å². The molecule has 0 saturated carbocycles. The minimum Gasteiger partial charge on any atom is -0.479 e. The number of hydrogen-bond donors (Lipinski definition) is 2. The van der Waals surface area contributed by atoms with Crippen LogP contribution in [-0.2, 0) is 4.79 Å². The highest BCUT2D eigenvalue weighted by atomic mass is 35.5. The van der Waals surface area contributed by atoms with Crippen LogP contribution in [0.4, 0.5) is 0 Å². The largest absolute Gasteiger partial charge is 0.479 e. The average molecular weight is 243 g/mol. The van der Waals surface area contributed by atoms with Gasteiger partial charge in [-0.05, 0) is 18.2 Å². The molecule has 0 spiro atoms. The van der Waals surface area contributed by atoms with Crippen LogP contribution in [0.3, 0.4) is 0 Å². The van der Waals surface area contributed by atoms with Gasteiger partial charge in [-0.3, -0.25) is 4.79 Å². The molecule has 1 aromatic rings. The van der Waals surface area contributed by atoms with Gasteiger partial charge in [-0.1, -0.05) is 18.5 Å². The van der Waals surface area contributed by atoms with Crippen LogP contribution in [0.25, 0.3) is 0 Å². The average Bonchev–Trinajstić information content (AvgIpc) is 2.27. The van der Waals surface area contributed by atoms with Gasteiger partial charge in [0.15, 0.2) is 11.9 Å². The Balaban J connectivity index is 3.18. The summed E-state index contributed by atoms with van der Waals surface area (Å²) in [6, 6.07) is 4.23. The van der Waals surface area contributed by atoms with Gasteiger partial charge in [0.1, 0.15) is 0 Å². The van der Waals surface area contributed by atoms with E-state index in [9.17, 15) is 14.7 Å². The molecule has 0 aliphatic heterocycles. The first-order valence-corrected chi connectivity index (χ1v) is 5.08. The molecule has 0 radical (unpaired) electrons. The standard InChI is InChI=1S/C11H11ClO4/c1-2-9(13)6-3-4-8(12)7(5-6)10(14)11(15)16/h3-5,10,14H,2H2,1H3,(H,15,16). The smallest absolute Gasteiger partial charge is 0.337 e. The molecular weight excluding hydrogens is 232 g/mol. The fraction of sp³-hybridized carbons (Fsp3) is 0.273. The summed E-state index contributed by atoms with van der Waals surface area (Å²) in [5.74, 6) is -1.53. The van der Waals surface area contributed by atoms with Crippen molar-refractivity contribution in [3.8, 4) is 0 Å². The van der Waals surface area contributed by atoms with Crippen molar-refractivity contribution in [2.24, 2.45) is 0 Å². The Hall–Kier alpha value is -1.39. The molecule has 0 amide bonds. The van der Waals surface area contributed by atoms with Crippen LogP contribution in [0, 0.1) is 0 Å². The Morgan fingerprint density at radius 2 is 2.06 bits per heavy atom. The van der Waals surface area contributed by atoms with Crippen molar-refractivity contribution in [2.45, 2.75) is 19.4 Å². The summed E-state index contributed by atoms with van der Waals surface area (Å²) >= 11 is 5.75. The normalized spacial score (nSPS) is 12.2. The van der Waals surface area contributed by atoms with E-state index >= 15 is 0 Å². The number of benzene rings is 1. The Labute approximate surface area is 97.5 Å². The molecule has 86 valence electrons. The molecule has 1 atom stereocenters. The first-order chi connectivity index (χ1) is 7.47. The van der Waals surface area contributed by atoms with Crippen molar-refractivity contribution < 1.29 is 19.8 Å². The quantitative estimate of drug-likeness (QED) is 0.793. The Bertz CT molecular complexity index is 428. The molecule has 5 heteroatoms. The van der Waals surface area contributed by atoms with Crippen molar-refractivity contribution in [1.82, 2.24) is 0 Å². The molecular formula is C11H11ClO4. The lowest BCUT2D eigenvalue weighted by molar-refractivity contribution is -0.146. The number of carbonyl (C=O) groups excluding carboxylic acids is 1. The number of aliphatic hydroxyl groups excluding tert-OH is 1. The molecule has 0 fully saturated rings. The number of rotatable bonds is 4. The number of hydrogen-bond acceptors (Lipinski definition) is 3. The molecule has 0 aromatic heterocycles. The van der Waals surface area contributed by atoms with Gasteiger partial charge in [-0.2, -0.15) is 0 Å². The molecule has 0 bridgehead atoms. The van der Waals surface area contributed by atoms with E-state index in [2.05, 4.69) is 0 Å². The van der Waals surface area contributed by atoms with Gasteiger partial charge >= 0.3 is 5.97 Å². The number of ketones is 1. The third kappa shape index (κ3) is 2.59. The predicted octanol–water partition coefficient (Wildman–Crippen LogP) is 2.05. The van der Waals surface area contributed by atoms with E-state index < -0.39 is 12.1 Å². The van der Waals surface area contributed by atoms with E-state index in [-0.39, 0.29) is 16.4 Å². The number of Topliss-reactive ketones (excluding diaryl/α,β-unsaturated/α-hetero) is 1. The van der Waals surface area contributed by atoms with Crippen molar-refractivity contribution in [3.63, 3.8) is 0 Å². The van der Waals surface area contributed by atoms with Crippen molar-refractivity contribution in [3.05, 3.63) is 34.3 Å². The molecule has 16 heavy (non-hydrogen) atoms. The fourth-order valence-corrected chi connectivity index (χ4v) is 1.48. The van der Waals surface area contributed by atoms with E-state index in [1.807, 2.05) is 0 Å². The van der Waals surface area contributed by atoms with Crippen LogP contribution in [0.2, 0.25) is 5.02 Å². The van der Waals surface area contributed by atoms with Crippen LogP contribution < -0.4 is 0 Å². The first-order valence-electron chi connectivity index (χ1n) is 4.71. The van der Waals surface area contributed by atoms with E-state index in [1.165, 1.54) is 18.2 Å². The van der Waals surface area contributed by atoms with Crippen LogP contribution in [0.1, 0.15) is 35.4 Å². The maximum Gasteiger partial charge on any atom is 0.337 e. The minimum atomic E-state index is -1.71. The Morgan fingerprint density at radius 1 is 1.44 bits per heavy atom. The molecule has 1 rings (SSSR count).